The standard InChI is InChI=1S/C28H24F8N4O4S/c29-17-3-5-18(6-4-17)45(43,44)25-10-13-40(24(42)20-7-9-23(41)39(20)12-1-11-37)22(25)8-2-16-14-21(38-15-19(16)25)26(30,27(31,32)33)28(34,35)36/h3-6,14-15,20,22H,1-2,7-10,12-13H2/t20-,22+,25+/m0/s1. The summed E-state index contributed by atoms with van der Waals surface area (Å²) in [4.78, 5) is 31.6. The molecule has 2 aliphatic heterocycles. The molecule has 45 heavy (non-hydrogen) atoms. The molecule has 1 aromatic carbocycles. The zero-order valence-electron chi connectivity index (χ0n) is 23.1. The molecule has 0 N–H and O–H groups in total. The van der Waals surface area contributed by atoms with E-state index in [1.165, 1.54) is 9.80 Å². The first-order valence-electron chi connectivity index (χ1n) is 13.7. The van der Waals surface area contributed by atoms with Gasteiger partial charge in [0.25, 0.3) is 0 Å². The number of hydrogen-bond acceptors (Lipinski definition) is 6. The summed E-state index contributed by atoms with van der Waals surface area (Å²) in [5.41, 5.74) is -8.51. The van der Waals surface area contributed by atoms with Gasteiger partial charge in [-0.1, -0.05) is 0 Å². The molecule has 1 aromatic heterocycles. The van der Waals surface area contributed by atoms with Crippen LogP contribution in [0.5, 0.6) is 0 Å². The summed E-state index contributed by atoms with van der Waals surface area (Å²) in [6.45, 7) is -0.289. The summed E-state index contributed by atoms with van der Waals surface area (Å²) in [6.07, 6.45) is -13.4. The molecule has 0 unspecified atom stereocenters. The molecule has 242 valence electrons. The van der Waals surface area contributed by atoms with Gasteiger partial charge in [0.05, 0.1) is 29.1 Å². The third-order valence-electron chi connectivity index (χ3n) is 8.87. The van der Waals surface area contributed by atoms with Crippen LogP contribution in [0.25, 0.3) is 0 Å². The summed E-state index contributed by atoms with van der Waals surface area (Å²) in [5.74, 6) is -1.81. The number of sulfone groups is 1. The van der Waals surface area contributed by atoms with Crippen molar-refractivity contribution in [1.29, 1.82) is 5.26 Å². The number of nitrogens with zero attached hydrogens (tertiary/aromatic N) is 4. The molecule has 3 atom stereocenters. The Morgan fingerprint density at radius 2 is 1.69 bits per heavy atom. The van der Waals surface area contributed by atoms with Gasteiger partial charge >= 0.3 is 18.0 Å². The predicted molar refractivity (Wildman–Crippen MR) is 138 cm³/mol. The van der Waals surface area contributed by atoms with Gasteiger partial charge in [-0.15, -0.1) is 0 Å². The average molecular weight is 665 g/mol. The van der Waals surface area contributed by atoms with Crippen LogP contribution < -0.4 is 0 Å². The van der Waals surface area contributed by atoms with Gasteiger partial charge in [-0.2, -0.15) is 31.6 Å². The Labute approximate surface area is 251 Å². The smallest absolute Gasteiger partial charge is 0.336 e. The number of benzene rings is 1. The van der Waals surface area contributed by atoms with Gasteiger partial charge in [0, 0.05) is 25.7 Å². The van der Waals surface area contributed by atoms with Crippen LogP contribution in [0.4, 0.5) is 35.1 Å². The second kappa shape index (κ2) is 10.9. The van der Waals surface area contributed by atoms with Gasteiger partial charge in [-0.3, -0.25) is 14.6 Å². The maximum atomic E-state index is 14.9. The molecule has 1 aliphatic carbocycles. The van der Waals surface area contributed by atoms with Gasteiger partial charge in [0.1, 0.15) is 16.6 Å². The molecule has 2 fully saturated rings. The van der Waals surface area contributed by atoms with Crippen LogP contribution in [0.3, 0.4) is 0 Å². The first-order valence-corrected chi connectivity index (χ1v) is 15.2. The number of likely N-dealkylation sites (tertiary alicyclic amines) is 2. The number of alkyl halides is 7. The first kappa shape index (κ1) is 32.6. The first-order chi connectivity index (χ1) is 20.9. The summed E-state index contributed by atoms with van der Waals surface area (Å²) in [7, 11) is -4.69. The number of carbonyl (C=O) groups excluding carboxylic acids is 2. The van der Waals surface area contributed by atoms with E-state index in [-0.39, 0.29) is 74.7 Å². The Balaban J connectivity index is 1.65. The second-order valence-electron chi connectivity index (χ2n) is 11.1. The van der Waals surface area contributed by atoms with Gasteiger partial charge in [-0.25, -0.2) is 17.2 Å². The van der Waals surface area contributed by atoms with Crippen LogP contribution in [0, 0.1) is 17.1 Å². The van der Waals surface area contributed by atoms with E-state index in [0.29, 0.717) is 6.20 Å². The highest BCUT2D eigenvalue weighted by molar-refractivity contribution is 7.92. The summed E-state index contributed by atoms with van der Waals surface area (Å²) >= 11 is 0. The molecule has 0 spiro atoms. The van der Waals surface area contributed by atoms with Crippen LogP contribution in [0.2, 0.25) is 0 Å². The normalized spacial score (nSPS) is 23.9. The van der Waals surface area contributed by atoms with Crippen molar-refractivity contribution in [2.75, 3.05) is 13.1 Å². The van der Waals surface area contributed by atoms with Gasteiger partial charge in [0.2, 0.25) is 11.8 Å². The SMILES string of the molecule is N#CCCN1C(=O)CC[C@H]1C(=O)N1CC[C@@]2(S(=O)(=O)c3ccc(F)cc3)c3cnc(C(F)(C(F)(F)F)C(F)(F)F)cc3CC[C@@H]12. The van der Waals surface area contributed by atoms with Gasteiger partial charge < -0.3 is 9.80 Å². The van der Waals surface area contributed by atoms with Crippen molar-refractivity contribution >= 4 is 21.7 Å². The van der Waals surface area contributed by atoms with Gasteiger partial charge in [0.15, 0.2) is 9.84 Å². The number of aryl methyl sites for hydroxylation is 1. The fourth-order valence-electron chi connectivity index (χ4n) is 6.76. The second-order valence-corrected chi connectivity index (χ2v) is 13.3. The number of halogens is 8. The maximum Gasteiger partial charge on any atom is 0.437 e. The molecule has 2 aromatic rings. The third kappa shape index (κ3) is 4.83. The Kier molecular flexibility index (Phi) is 7.90. The monoisotopic (exact) mass is 664 g/mol. The molecule has 2 amide bonds. The lowest BCUT2D eigenvalue weighted by Gasteiger charge is -2.43. The molecule has 0 bridgehead atoms. The van der Waals surface area contributed by atoms with Crippen LogP contribution in [-0.2, 0) is 36.3 Å². The van der Waals surface area contributed by atoms with Gasteiger partial charge in [-0.05, 0) is 67.1 Å². The molecule has 5 rings (SSSR count). The van der Waals surface area contributed by atoms with Crippen molar-refractivity contribution in [3.8, 4) is 6.07 Å². The topological polar surface area (TPSA) is 111 Å². The van der Waals surface area contributed by atoms with Crippen LogP contribution in [0.1, 0.15) is 48.9 Å². The van der Waals surface area contributed by atoms with E-state index < -0.39 is 67.0 Å². The van der Waals surface area contributed by atoms with E-state index >= 15 is 0 Å². The number of hydrogen-bond donors (Lipinski definition) is 0. The Morgan fingerprint density at radius 1 is 1.04 bits per heavy atom. The fraction of sp³-hybridized carbons (Fsp3) is 0.500. The minimum absolute atomic E-state index is 0.00170. The van der Waals surface area contributed by atoms with Crippen molar-refractivity contribution in [3.63, 3.8) is 0 Å². The number of nitriles is 1. The van der Waals surface area contributed by atoms with Crippen molar-refractivity contribution in [2.45, 2.75) is 78.3 Å². The average Bonchev–Trinajstić information content (AvgIpc) is 3.55. The minimum Gasteiger partial charge on any atom is -0.336 e. The molecule has 17 heteroatoms. The largest absolute Gasteiger partial charge is 0.437 e. The van der Waals surface area contributed by atoms with Crippen LogP contribution in [-0.4, -0.2) is 72.5 Å². The lowest BCUT2D eigenvalue weighted by atomic mass is 9.78. The zero-order chi connectivity index (χ0) is 33.2. The van der Waals surface area contributed by atoms with Crippen molar-refractivity contribution < 1.29 is 53.1 Å². The zero-order valence-corrected chi connectivity index (χ0v) is 23.9. The molecule has 0 saturated carbocycles. The van der Waals surface area contributed by atoms with Crippen molar-refractivity contribution in [1.82, 2.24) is 14.8 Å². The quantitative estimate of drug-likeness (QED) is 0.329. The lowest BCUT2D eigenvalue weighted by molar-refractivity contribution is -0.350. The van der Waals surface area contributed by atoms with E-state index in [1.54, 1.807) is 0 Å². The minimum atomic E-state index is -6.45. The van der Waals surface area contributed by atoms with Crippen molar-refractivity contribution in [2.24, 2.45) is 0 Å². The number of rotatable bonds is 6. The van der Waals surface area contributed by atoms with E-state index in [4.69, 9.17) is 5.26 Å². The molecule has 0 radical (unpaired) electrons. The third-order valence-corrected chi connectivity index (χ3v) is 11.4. The van der Waals surface area contributed by atoms with E-state index in [2.05, 4.69) is 4.98 Å². The predicted octanol–water partition coefficient (Wildman–Crippen LogP) is 4.63. The molecule has 3 aliphatic rings. The Hall–Kier alpha value is -3.81. The molecule has 3 heterocycles. The number of carbonyl (C=O) groups is 2. The highest BCUT2D eigenvalue weighted by atomic mass is 32.2. The number of fused-ring (bicyclic) bond motifs is 3. The lowest BCUT2D eigenvalue weighted by Crippen LogP contribution is -2.55. The molecular formula is C28H24F8N4O4S. The van der Waals surface area contributed by atoms with Crippen LogP contribution >= 0.6 is 0 Å². The maximum absolute atomic E-state index is 14.9. The fourth-order valence-corrected chi connectivity index (χ4v) is 9.11. The summed E-state index contributed by atoms with van der Waals surface area (Å²) < 4.78 is 136. The Bertz CT molecular complexity index is 1660. The summed E-state index contributed by atoms with van der Waals surface area (Å²) in [6, 6.07) is 3.47. The number of aromatic nitrogens is 1. The van der Waals surface area contributed by atoms with E-state index in [1.807, 2.05) is 6.07 Å². The molecule has 2 saturated heterocycles. The summed E-state index contributed by atoms with van der Waals surface area (Å²) in [5, 5.41) is 8.98. The molecule has 8 nitrogen and oxygen atoms in total. The Morgan fingerprint density at radius 3 is 2.29 bits per heavy atom. The van der Waals surface area contributed by atoms with E-state index in [0.717, 1.165) is 24.3 Å². The highest BCUT2D eigenvalue weighted by Crippen LogP contribution is 2.56. The van der Waals surface area contributed by atoms with Crippen LogP contribution in [0.15, 0.2) is 41.4 Å². The number of pyridine rings is 1. The number of amides is 2. The molecular weight excluding hydrogens is 640 g/mol. The highest BCUT2D eigenvalue weighted by Gasteiger charge is 2.75. The van der Waals surface area contributed by atoms with Crippen molar-refractivity contribution in [3.05, 3.63) is 59.2 Å². The van der Waals surface area contributed by atoms with E-state index in [9.17, 15) is 53.1 Å².